The molecule has 1 heterocycles. The van der Waals surface area contributed by atoms with Crippen molar-refractivity contribution in [3.63, 3.8) is 0 Å². The Morgan fingerprint density at radius 1 is 1.00 bits per heavy atom. The number of amides is 2. The van der Waals surface area contributed by atoms with Crippen molar-refractivity contribution in [2.45, 2.75) is 13.0 Å². The number of carbonyl (C=O) groups excluding carboxylic acids is 2. The lowest BCUT2D eigenvalue weighted by Gasteiger charge is -2.12. The molecule has 0 bridgehead atoms. The molecule has 2 aromatic carbocycles. The highest BCUT2D eigenvalue weighted by Gasteiger charge is 2.10. The average molecular weight is 424 g/mol. The zero-order chi connectivity index (χ0) is 19.1. The number of nitrogens with one attached hydrogen (secondary N) is 2. The van der Waals surface area contributed by atoms with Crippen LogP contribution in [0.4, 0.5) is 5.69 Å². The molecule has 0 spiro atoms. The summed E-state index contributed by atoms with van der Waals surface area (Å²) in [6.07, 6.45) is 3.41. The number of nitrogens with zero attached hydrogens (tertiary/aromatic N) is 1. The Hall–Kier alpha value is -2.99. The molecule has 2 N–H and O–H groups in total. The van der Waals surface area contributed by atoms with Crippen LogP contribution in [0, 0.1) is 0 Å². The van der Waals surface area contributed by atoms with Gasteiger partial charge < -0.3 is 10.6 Å². The molecule has 0 atom stereocenters. The topological polar surface area (TPSA) is 71.1 Å². The highest BCUT2D eigenvalue weighted by atomic mass is 79.9. The third-order valence-corrected chi connectivity index (χ3v) is 4.40. The number of hydrogen-bond donors (Lipinski definition) is 2. The fourth-order valence-electron chi connectivity index (χ4n) is 2.60. The Bertz CT molecular complexity index is 945. The minimum atomic E-state index is -0.210. The second kappa shape index (κ2) is 9.09. The van der Waals surface area contributed by atoms with Crippen LogP contribution in [0.1, 0.15) is 21.5 Å². The summed E-state index contributed by atoms with van der Waals surface area (Å²) in [4.78, 5) is 28.5. The maximum Gasteiger partial charge on any atom is 0.253 e. The molecule has 0 aliphatic carbocycles. The summed E-state index contributed by atoms with van der Waals surface area (Å²) in [6, 6.07) is 18.5. The second-order valence-corrected chi connectivity index (χ2v) is 6.85. The lowest BCUT2D eigenvalue weighted by molar-refractivity contribution is -0.115. The number of halogens is 1. The van der Waals surface area contributed by atoms with E-state index in [2.05, 4.69) is 31.5 Å². The first-order chi connectivity index (χ1) is 13.1. The standard InChI is InChI=1S/C21H18BrN3O2/c22-18-8-3-5-15(11-18)12-20(26)25-19-9-2-1-6-16(19)14-24-21(27)17-7-4-10-23-13-17/h1-11,13H,12,14H2,(H,24,27)(H,25,26). The van der Waals surface area contributed by atoms with Gasteiger partial charge in [-0.05, 0) is 41.5 Å². The van der Waals surface area contributed by atoms with Gasteiger partial charge in [0.2, 0.25) is 5.91 Å². The van der Waals surface area contributed by atoms with Crippen LogP contribution in [0.5, 0.6) is 0 Å². The minimum absolute atomic E-state index is 0.112. The fraction of sp³-hybridized carbons (Fsp3) is 0.0952. The van der Waals surface area contributed by atoms with Crippen LogP contribution < -0.4 is 10.6 Å². The molecule has 2 amide bonds. The van der Waals surface area contributed by atoms with Gasteiger partial charge in [0.15, 0.2) is 0 Å². The molecule has 0 aliphatic rings. The molecule has 0 saturated carbocycles. The molecule has 0 unspecified atom stereocenters. The van der Waals surface area contributed by atoms with Gasteiger partial charge in [-0.1, -0.05) is 46.3 Å². The Balaban J connectivity index is 1.63. The van der Waals surface area contributed by atoms with Crippen LogP contribution in [0.2, 0.25) is 0 Å². The number of pyridine rings is 1. The Morgan fingerprint density at radius 2 is 1.85 bits per heavy atom. The normalized spacial score (nSPS) is 10.3. The molecule has 3 rings (SSSR count). The number of anilines is 1. The van der Waals surface area contributed by atoms with Crippen molar-refractivity contribution in [1.82, 2.24) is 10.3 Å². The molecular formula is C21H18BrN3O2. The van der Waals surface area contributed by atoms with Gasteiger partial charge in [-0.25, -0.2) is 0 Å². The predicted octanol–water partition coefficient (Wildman–Crippen LogP) is 3.96. The lowest BCUT2D eigenvalue weighted by atomic mass is 10.1. The lowest BCUT2D eigenvalue weighted by Crippen LogP contribution is -2.24. The maximum absolute atomic E-state index is 12.4. The van der Waals surface area contributed by atoms with E-state index in [4.69, 9.17) is 0 Å². The number of para-hydroxylation sites is 1. The summed E-state index contributed by atoms with van der Waals surface area (Å²) >= 11 is 3.41. The molecule has 0 saturated heterocycles. The monoisotopic (exact) mass is 423 g/mol. The van der Waals surface area contributed by atoms with E-state index in [1.54, 1.807) is 18.3 Å². The fourth-order valence-corrected chi connectivity index (χ4v) is 3.04. The highest BCUT2D eigenvalue weighted by molar-refractivity contribution is 9.10. The molecule has 136 valence electrons. The summed E-state index contributed by atoms with van der Waals surface area (Å²) in [7, 11) is 0. The van der Waals surface area contributed by atoms with Crippen molar-refractivity contribution in [3.05, 3.63) is 94.2 Å². The number of carbonyl (C=O) groups is 2. The van der Waals surface area contributed by atoms with Crippen LogP contribution in [0.25, 0.3) is 0 Å². The van der Waals surface area contributed by atoms with Crippen molar-refractivity contribution in [2.75, 3.05) is 5.32 Å². The van der Waals surface area contributed by atoms with Crippen LogP contribution in [0.3, 0.4) is 0 Å². The third-order valence-electron chi connectivity index (χ3n) is 3.91. The van der Waals surface area contributed by atoms with Crippen molar-refractivity contribution >= 4 is 33.4 Å². The van der Waals surface area contributed by atoms with Gasteiger partial charge in [-0.3, -0.25) is 14.6 Å². The van der Waals surface area contributed by atoms with Crippen molar-refractivity contribution < 1.29 is 9.59 Å². The Labute approximate surface area is 166 Å². The van der Waals surface area contributed by atoms with E-state index in [1.165, 1.54) is 6.20 Å². The second-order valence-electron chi connectivity index (χ2n) is 5.94. The van der Waals surface area contributed by atoms with Crippen molar-refractivity contribution in [1.29, 1.82) is 0 Å². The van der Waals surface area contributed by atoms with Crippen LogP contribution >= 0.6 is 15.9 Å². The summed E-state index contributed by atoms with van der Waals surface area (Å²) in [6.45, 7) is 0.307. The van der Waals surface area contributed by atoms with E-state index in [-0.39, 0.29) is 18.2 Å². The molecule has 1 aromatic heterocycles. The quantitative estimate of drug-likeness (QED) is 0.630. The minimum Gasteiger partial charge on any atom is -0.348 e. The maximum atomic E-state index is 12.4. The average Bonchev–Trinajstić information content (AvgIpc) is 2.67. The van der Waals surface area contributed by atoms with E-state index >= 15 is 0 Å². The summed E-state index contributed by atoms with van der Waals surface area (Å²) in [5, 5.41) is 5.77. The van der Waals surface area contributed by atoms with Gasteiger partial charge in [-0.15, -0.1) is 0 Å². The van der Waals surface area contributed by atoms with Crippen LogP contribution in [-0.2, 0) is 17.8 Å². The first-order valence-corrected chi connectivity index (χ1v) is 9.21. The van der Waals surface area contributed by atoms with Gasteiger partial charge in [0.1, 0.15) is 0 Å². The van der Waals surface area contributed by atoms with Crippen LogP contribution in [-0.4, -0.2) is 16.8 Å². The van der Waals surface area contributed by atoms with E-state index in [9.17, 15) is 9.59 Å². The largest absolute Gasteiger partial charge is 0.348 e. The summed E-state index contributed by atoms with van der Waals surface area (Å²) < 4.78 is 0.936. The molecule has 5 nitrogen and oxygen atoms in total. The smallest absolute Gasteiger partial charge is 0.253 e. The van der Waals surface area contributed by atoms with Gasteiger partial charge in [0.25, 0.3) is 5.91 Å². The SMILES string of the molecule is O=C(Cc1cccc(Br)c1)Nc1ccccc1CNC(=O)c1cccnc1. The molecule has 0 aliphatic heterocycles. The van der Waals surface area contributed by atoms with Crippen molar-refractivity contribution in [2.24, 2.45) is 0 Å². The number of benzene rings is 2. The van der Waals surface area contributed by atoms with E-state index in [0.29, 0.717) is 17.8 Å². The Kier molecular flexibility index (Phi) is 6.33. The zero-order valence-electron chi connectivity index (χ0n) is 14.5. The molecule has 27 heavy (non-hydrogen) atoms. The van der Waals surface area contributed by atoms with E-state index < -0.39 is 0 Å². The first kappa shape index (κ1) is 18.8. The molecule has 0 radical (unpaired) electrons. The van der Waals surface area contributed by atoms with Gasteiger partial charge in [0, 0.05) is 29.1 Å². The molecule has 3 aromatic rings. The molecule has 6 heteroatoms. The third kappa shape index (κ3) is 5.49. The van der Waals surface area contributed by atoms with Gasteiger partial charge >= 0.3 is 0 Å². The van der Waals surface area contributed by atoms with Gasteiger partial charge in [0.05, 0.1) is 12.0 Å². The zero-order valence-corrected chi connectivity index (χ0v) is 16.1. The first-order valence-electron chi connectivity index (χ1n) is 8.42. The van der Waals surface area contributed by atoms with Crippen LogP contribution in [0.15, 0.2) is 77.5 Å². The highest BCUT2D eigenvalue weighted by Crippen LogP contribution is 2.17. The molecule has 0 fully saturated rings. The Morgan fingerprint density at radius 3 is 2.63 bits per heavy atom. The number of rotatable bonds is 6. The number of aromatic nitrogens is 1. The summed E-state index contributed by atoms with van der Waals surface area (Å²) in [5.41, 5.74) is 2.93. The van der Waals surface area contributed by atoms with Crippen molar-refractivity contribution in [3.8, 4) is 0 Å². The molecular weight excluding hydrogens is 406 g/mol. The predicted molar refractivity (Wildman–Crippen MR) is 108 cm³/mol. The number of hydrogen-bond acceptors (Lipinski definition) is 3. The summed E-state index contributed by atoms with van der Waals surface area (Å²) in [5.74, 6) is -0.322. The van der Waals surface area contributed by atoms with Gasteiger partial charge in [-0.2, -0.15) is 0 Å². The van der Waals surface area contributed by atoms with E-state index in [1.807, 2.05) is 48.5 Å². The van der Waals surface area contributed by atoms with E-state index in [0.717, 1.165) is 15.6 Å².